The van der Waals surface area contributed by atoms with Gasteiger partial charge in [0.25, 0.3) is 0 Å². The van der Waals surface area contributed by atoms with Crippen LogP contribution in [0.3, 0.4) is 0 Å². The molecule has 0 fully saturated rings. The molecule has 0 saturated carbocycles. The van der Waals surface area contributed by atoms with Crippen LogP contribution in [-0.4, -0.2) is 12.6 Å². The molecule has 2 N–H and O–H groups in total. The lowest BCUT2D eigenvalue weighted by Gasteiger charge is -2.19. The van der Waals surface area contributed by atoms with Crippen molar-refractivity contribution < 1.29 is 4.74 Å². The van der Waals surface area contributed by atoms with Crippen LogP contribution in [0.4, 0.5) is 0 Å². The molecule has 0 unspecified atom stereocenters. The maximum atomic E-state index is 6.08. The van der Waals surface area contributed by atoms with E-state index in [4.69, 9.17) is 22.1 Å². The van der Waals surface area contributed by atoms with E-state index in [9.17, 15) is 0 Å². The number of halogens is 1. The Bertz CT molecular complexity index is 318. The SMILES string of the molecule is COc1ccc(CC(C)(C)N)c(Cl)c1. The highest BCUT2D eigenvalue weighted by Gasteiger charge is 2.14. The van der Waals surface area contributed by atoms with Crippen LogP contribution in [0, 0.1) is 0 Å². The fraction of sp³-hybridized carbons (Fsp3) is 0.455. The fourth-order valence-electron chi connectivity index (χ4n) is 1.29. The van der Waals surface area contributed by atoms with Crippen LogP contribution < -0.4 is 10.5 Å². The van der Waals surface area contributed by atoms with Crippen molar-refractivity contribution >= 4 is 11.6 Å². The third kappa shape index (κ3) is 3.20. The van der Waals surface area contributed by atoms with Crippen molar-refractivity contribution in [1.29, 1.82) is 0 Å². The minimum absolute atomic E-state index is 0.238. The molecule has 0 spiro atoms. The van der Waals surface area contributed by atoms with E-state index in [2.05, 4.69) is 0 Å². The minimum Gasteiger partial charge on any atom is -0.497 e. The molecule has 0 saturated heterocycles. The number of hydrogen-bond donors (Lipinski definition) is 1. The zero-order valence-electron chi connectivity index (χ0n) is 8.80. The normalized spacial score (nSPS) is 11.5. The van der Waals surface area contributed by atoms with Crippen molar-refractivity contribution in [3.05, 3.63) is 28.8 Å². The highest BCUT2D eigenvalue weighted by Crippen LogP contribution is 2.24. The molecule has 1 aromatic rings. The van der Waals surface area contributed by atoms with Crippen LogP contribution in [0.5, 0.6) is 5.75 Å². The van der Waals surface area contributed by atoms with E-state index >= 15 is 0 Å². The van der Waals surface area contributed by atoms with E-state index in [1.54, 1.807) is 7.11 Å². The standard InChI is InChI=1S/C11H16ClNO/c1-11(2,13)7-8-4-5-9(14-3)6-10(8)12/h4-6H,7,13H2,1-3H3. The zero-order valence-corrected chi connectivity index (χ0v) is 9.56. The molecule has 0 aromatic heterocycles. The van der Waals surface area contributed by atoms with Crippen LogP contribution in [0.2, 0.25) is 5.02 Å². The molecule has 0 amide bonds. The van der Waals surface area contributed by atoms with Gasteiger partial charge < -0.3 is 10.5 Å². The first-order valence-corrected chi connectivity index (χ1v) is 4.91. The maximum Gasteiger partial charge on any atom is 0.120 e. The molecule has 78 valence electrons. The first-order chi connectivity index (χ1) is 6.42. The number of ether oxygens (including phenoxy) is 1. The second kappa shape index (κ2) is 4.20. The summed E-state index contributed by atoms with van der Waals surface area (Å²) in [4.78, 5) is 0. The molecular weight excluding hydrogens is 198 g/mol. The summed E-state index contributed by atoms with van der Waals surface area (Å²) in [5.74, 6) is 0.772. The van der Waals surface area contributed by atoms with E-state index < -0.39 is 0 Å². The summed E-state index contributed by atoms with van der Waals surface area (Å²) in [6.45, 7) is 3.96. The Morgan fingerprint density at radius 1 is 1.43 bits per heavy atom. The molecule has 0 aliphatic carbocycles. The van der Waals surface area contributed by atoms with Gasteiger partial charge in [-0.15, -0.1) is 0 Å². The molecule has 0 radical (unpaired) electrons. The van der Waals surface area contributed by atoms with E-state index in [-0.39, 0.29) is 5.54 Å². The Kier molecular flexibility index (Phi) is 3.40. The summed E-state index contributed by atoms with van der Waals surface area (Å²) < 4.78 is 5.06. The van der Waals surface area contributed by atoms with Gasteiger partial charge in [-0.3, -0.25) is 0 Å². The van der Waals surface area contributed by atoms with Gasteiger partial charge in [-0.2, -0.15) is 0 Å². The van der Waals surface area contributed by atoms with Crippen molar-refractivity contribution in [1.82, 2.24) is 0 Å². The first kappa shape index (κ1) is 11.3. The number of nitrogens with two attached hydrogens (primary N) is 1. The monoisotopic (exact) mass is 213 g/mol. The van der Waals surface area contributed by atoms with Crippen molar-refractivity contribution in [2.45, 2.75) is 25.8 Å². The van der Waals surface area contributed by atoms with Gasteiger partial charge in [-0.25, -0.2) is 0 Å². The Morgan fingerprint density at radius 2 is 2.07 bits per heavy atom. The fourth-order valence-corrected chi connectivity index (χ4v) is 1.53. The number of methoxy groups -OCH3 is 1. The molecular formula is C11H16ClNO. The van der Waals surface area contributed by atoms with Gasteiger partial charge >= 0.3 is 0 Å². The molecule has 0 aliphatic heterocycles. The zero-order chi connectivity index (χ0) is 10.8. The van der Waals surface area contributed by atoms with Gasteiger partial charge in [0, 0.05) is 10.6 Å². The topological polar surface area (TPSA) is 35.2 Å². The van der Waals surface area contributed by atoms with Gasteiger partial charge in [-0.1, -0.05) is 17.7 Å². The Balaban J connectivity index is 2.89. The van der Waals surface area contributed by atoms with Crippen molar-refractivity contribution in [2.24, 2.45) is 5.73 Å². The molecule has 2 nitrogen and oxygen atoms in total. The van der Waals surface area contributed by atoms with Crippen molar-refractivity contribution in [2.75, 3.05) is 7.11 Å². The molecule has 0 aliphatic rings. The highest BCUT2D eigenvalue weighted by molar-refractivity contribution is 6.31. The van der Waals surface area contributed by atoms with Gasteiger partial charge in [0.2, 0.25) is 0 Å². The minimum atomic E-state index is -0.238. The first-order valence-electron chi connectivity index (χ1n) is 4.54. The predicted octanol–water partition coefficient (Wildman–Crippen LogP) is 2.63. The summed E-state index contributed by atoms with van der Waals surface area (Å²) in [7, 11) is 1.62. The van der Waals surface area contributed by atoms with Gasteiger partial charge in [0.05, 0.1) is 7.11 Å². The van der Waals surface area contributed by atoms with Crippen LogP contribution >= 0.6 is 11.6 Å². The molecule has 0 bridgehead atoms. The lowest BCUT2D eigenvalue weighted by atomic mass is 9.96. The lowest BCUT2D eigenvalue weighted by Crippen LogP contribution is -2.34. The van der Waals surface area contributed by atoms with Crippen LogP contribution in [0.25, 0.3) is 0 Å². The summed E-state index contributed by atoms with van der Waals surface area (Å²) >= 11 is 6.08. The van der Waals surface area contributed by atoms with E-state index in [1.807, 2.05) is 32.0 Å². The average molecular weight is 214 g/mol. The predicted molar refractivity (Wildman–Crippen MR) is 60.0 cm³/mol. The third-order valence-electron chi connectivity index (χ3n) is 1.91. The molecule has 0 heterocycles. The Hall–Kier alpha value is -0.730. The van der Waals surface area contributed by atoms with Crippen molar-refractivity contribution in [3.63, 3.8) is 0 Å². The molecule has 0 atom stereocenters. The largest absolute Gasteiger partial charge is 0.497 e. The average Bonchev–Trinajstić information content (AvgIpc) is 2.06. The second-order valence-corrected chi connectivity index (χ2v) is 4.53. The number of benzene rings is 1. The van der Waals surface area contributed by atoms with E-state index in [1.165, 1.54) is 0 Å². The van der Waals surface area contributed by atoms with E-state index in [0.717, 1.165) is 17.7 Å². The molecule has 14 heavy (non-hydrogen) atoms. The van der Waals surface area contributed by atoms with Crippen LogP contribution in [-0.2, 0) is 6.42 Å². The smallest absolute Gasteiger partial charge is 0.120 e. The second-order valence-electron chi connectivity index (χ2n) is 4.12. The summed E-state index contributed by atoms with van der Waals surface area (Å²) in [6, 6.07) is 5.66. The Labute approximate surface area is 90.0 Å². The quantitative estimate of drug-likeness (QED) is 0.838. The summed E-state index contributed by atoms with van der Waals surface area (Å²) in [6.07, 6.45) is 0.760. The van der Waals surface area contributed by atoms with Gasteiger partial charge in [-0.05, 0) is 38.0 Å². The van der Waals surface area contributed by atoms with Gasteiger partial charge in [0.15, 0.2) is 0 Å². The maximum absolute atomic E-state index is 6.08. The Morgan fingerprint density at radius 3 is 2.50 bits per heavy atom. The molecule has 1 aromatic carbocycles. The number of rotatable bonds is 3. The summed E-state index contributed by atoms with van der Waals surface area (Å²) in [5.41, 5.74) is 6.73. The summed E-state index contributed by atoms with van der Waals surface area (Å²) in [5, 5.41) is 0.711. The van der Waals surface area contributed by atoms with Gasteiger partial charge in [0.1, 0.15) is 5.75 Å². The molecule has 3 heteroatoms. The molecule has 1 rings (SSSR count). The lowest BCUT2D eigenvalue weighted by molar-refractivity contribution is 0.414. The van der Waals surface area contributed by atoms with E-state index in [0.29, 0.717) is 5.02 Å². The van der Waals surface area contributed by atoms with Crippen LogP contribution in [0.15, 0.2) is 18.2 Å². The van der Waals surface area contributed by atoms with Crippen molar-refractivity contribution in [3.8, 4) is 5.75 Å². The highest BCUT2D eigenvalue weighted by atomic mass is 35.5. The third-order valence-corrected chi connectivity index (χ3v) is 2.26. The van der Waals surface area contributed by atoms with Crippen LogP contribution in [0.1, 0.15) is 19.4 Å². The number of hydrogen-bond acceptors (Lipinski definition) is 2.